The van der Waals surface area contributed by atoms with Crippen molar-refractivity contribution in [2.45, 2.75) is 13.3 Å². The molecular weight excluding hydrogens is 182 g/mol. The summed E-state index contributed by atoms with van der Waals surface area (Å²) in [7, 11) is 1.30. The lowest BCUT2D eigenvalue weighted by Crippen LogP contribution is -2.24. The van der Waals surface area contributed by atoms with Crippen LogP contribution in [0.3, 0.4) is 0 Å². The molecule has 0 radical (unpaired) electrons. The van der Waals surface area contributed by atoms with Crippen LogP contribution in [0.1, 0.15) is 13.3 Å². The predicted molar refractivity (Wildman–Crippen MR) is 51.3 cm³/mol. The molecular formula is C10H13NO3. The summed E-state index contributed by atoms with van der Waals surface area (Å²) >= 11 is 0. The van der Waals surface area contributed by atoms with Gasteiger partial charge in [0.2, 0.25) is 0 Å². The monoisotopic (exact) mass is 195 g/mol. The maximum Gasteiger partial charge on any atom is 0.417 e. The van der Waals surface area contributed by atoms with Crippen molar-refractivity contribution >= 4 is 12.4 Å². The van der Waals surface area contributed by atoms with Crippen molar-refractivity contribution < 1.29 is 14.3 Å². The van der Waals surface area contributed by atoms with E-state index in [1.165, 1.54) is 18.2 Å². The summed E-state index contributed by atoms with van der Waals surface area (Å²) in [6.07, 6.45) is 6.07. The van der Waals surface area contributed by atoms with Crippen LogP contribution in [-0.2, 0) is 9.53 Å². The van der Waals surface area contributed by atoms with Crippen molar-refractivity contribution in [2.75, 3.05) is 7.11 Å². The highest BCUT2D eigenvalue weighted by Crippen LogP contribution is 2.20. The maximum absolute atomic E-state index is 11.1. The minimum atomic E-state index is -0.491. The van der Waals surface area contributed by atoms with Gasteiger partial charge in [0.1, 0.15) is 6.29 Å². The zero-order valence-electron chi connectivity index (χ0n) is 8.27. The Hall–Kier alpha value is -1.58. The van der Waals surface area contributed by atoms with Crippen molar-refractivity contribution in [3.63, 3.8) is 0 Å². The number of hydrogen-bond acceptors (Lipinski definition) is 3. The molecule has 0 aliphatic carbocycles. The zero-order valence-corrected chi connectivity index (χ0v) is 8.27. The summed E-state index contributed by atoms with van der Waals surface area (Å²) in [5, 5.41) is 0. The fourth-order valence-electron chi connectivity index (χ4n) is 1.32. The number of ether oxygens (including phenoxy) is 1. The quantitative estimate of drug-likeness (QED) is 0.630. The molecule has 14 heavy (non-hydrogen) atoms. The first-order valence-corrected chi connectivity index (χ1v) is 4.44. The number of hydrogen-bond donors (Lipinski definition) is 0. The number of carbonyl (C=O) groups is 2. The van der Waals surface area contributed by atoms with Crippen LogP contribution in [0.4, 0.5) is 4.79 Å². The van der Waals surface area contributed by atoms with Crippen LogP contribution in [0, 0.1) is 5.92 Å². The number of allylic oxidation sites excluding steroid dienone is 2. The van der Waals surface area contributed by atoms with Crippen LogP contribution in [0.5, 0.6) is 0 Å². The number of aldehydes is 1. The van der Waals surface area contributed by atoms with E-state index in [4.69, 9.17) is 0 Å². The lowest BCUT2D eigenvalue weighted by atomic mass is 9.96. The van der Waals surface area contributed by atoms with Gasteiger partial charge in [-0.15, -0.1) is 0 Å². The first-order chi connectivity index (χ1) is 6.72. The topological polar surface area (TPSA) is 46.6 Å². The molecule has 0 saturated heterocycles. The van der Waals surface area contributed by atoms with Crippen molar-refractivity contribution in [1.82, 2.24) is 4.90 Å². The summed E-state index contributed by atoms with van der Waals surface area (Å²) in [5.74, 6) is 0.105. The van der Waals surface area contributed by atoms with Crippen LogP contribution in [-0.4, -0.2) is 24.4 Å². The molecule has 0 aromatic heterocycles. The zero-order chi connectivity index (χ0) is 10.6. The minimum absolute atomic E-state index is 0.105. The molecule has 0 spiro atoms. The van der Waals surface area contributed by atoms with Crippen molar-refractivity contribution in [2.24, 2.45) is 5.92 Å². The number of carbonyl (C=O) groups excluding carboxylic acids is 2. The molecule has 0 bridgehead atoms. The van der Waals surface area contributed by atoms with Gasteiger partial charge in [-0.1, -0.05) is 13.0 Å². The van der Waals surface area contributed by atoms with E-state index in [0.29, 0.717) is 5.57 Å². The second-order valence-electron chi connectivity index (χ2n) is 2.98. The van der Waals surface area contributed by atoms with Gasteiger partial charge < -0.3 is 4.74 Å². The van der Waals surface area contributed by atoms with Gasteiger partial charge in [-0.2, -0.15) is 0 Å². The standard InChI is InChI=1S/C10H13NO3/c1-3-8-4-5-11(10(13)14-2)6-9(8)7-12/h4-8H,3H2,1-2H3/t8-/m1/s1. The Balaban J connectivity index is 2.82. The molecule has 0 saturated carbocycles. The van der Waals surface area contributed by atoms with Gasteiger partial charge in [-0.05, 0) is 6.42 Å². The number of rotatable bonds is 2. The Morgan fingerprint density at radius 3 is 2.93 bits per heavy atom. The third kappa shape index (κ3) is 2.02. The lowest BCUT2D eigenvalue weighted by molar-refractivity contribution is -0.105. The van der Waals surface area contributed by atoms with E-state index in [0.717, 1.165) is 12.7 Å². The van der Waals surface area contributed by atoms with E-state index in [1.54, 1.807) is 6.20 Å². The first kappa shape index (κ1) is 10.5. The van der Waals surface area contributed by atoms with Gasteiger partial charge in [0.05, 0.1) is 7.11 Å². The Morgan fingerprint density at radius 1 is 1.71 bits per heavy atom. The van der Waals surface area contributed by atoms with Crippen molar-refractivity contribution in [1.29, 1.82) is 0 Å². The third-order valence-corrected chi connectivity index (χ3v) is 2.16. The normalized spacial score (nSPS) is 20.3. The van der Waals surface area contributed by atoms with Gasteiger partial charge in [-0.3, -0.25) is 9.69 Å². The molecule has 1 heterocycles. The second kappa shape index (κ2) is 4.60. The van der Waals surface area contributed by atoms with Crippen LogP contribution in [0.2, 0.25) is 0 Å². The van der Waals surface area contributed by atoms with Gasteiger partial charge in [0.15, 0.2) is 0 Å². The smallest absolute Gasteiger partial charge is 0.417 e. The van der Waals surface area contributed by atoms with E-state index in [2.05, 4.69) is 4.74 Å². The van der Waals surface area contributed by atoms with Gasteiger partial charge >= 0.3 is 6.09 Å². The molecule has 0 N–H and O–H groups in total. The molecule has 1 aliphatic heterocycles. The average Bonchev–Trinajstić information content (AvgIpc) is 2.26. The number of methoxy groups -OCH3 is 1. The molecule has 0 aromatic carbocycles. The number of nitrogens with zero attached hydrogens (tertiary/aromatic N) is 1. The van der Waals surface area contributed by atoms with Gasteiger partial charge in [0.25, 0.3) is 0 Å². The highest BCUT2D eigenvalue weighted by Gasteiger charge is 2.18. The lowest BCUT2D eigenvalue weighted by Gasteiger charge is -2.21. The highest BCUT2D eigenvalue weighted by atomic mass is 16.5. The Kier molecular flexibility index (Phi) is 3.45. The molecule has 1 atom stereocenters. The van der Waals surface area contributed by atoms with E-state index in [1.807, 2.05) is 13.0 Å². The number of amides is 1. The molecule has 76 valence electrons. The maximum atomic E-state index is 11.1. The van der Waals surface area contributed by atoms with Crippen LogP contribution in [0.25, 0.3) is 0 Å². The Labute approximate surface area is 82.8 Å². The summed E-state index contributed by atoms with van der Waals surface area (Å²) in [5.41, 5.74) is 0.598. The van der Waals surface area contributed by atoms with E-state index >= 15 is 0 Å². The van der Waals surface area contributed by atoms with E-state index in [-0.39, 0.29) is 5.92 Å². The average molecular weight is 195 g/mol. The Bertz CT molecular complexity index is 294. The summed E-state index contributed by atoms with van der Waals surface area (Å²) < 4.78 is 4.53. The van der Waals surface area contributed by atoms with Crippen molar-refractivity contribution in [3.05, 3.63) is 24.0 Å². The molecule has 1 rings (SSSR count). The summed E-state index contributed by atoms with van der Waals surface area (Å²) in [6, 6.07) is 0. The molecule has 4 nitrogen and oxygen atoms in total. The van der Waals surface area contributed by atoms with Crippen molar-refractivity contribution in [3.8, 4) is 0 Å². The van der Waals surface area contributed by atoms with Gasteiger partial charge in [-0.25, -0.2) is 4.79 Å². The van der Waals surface area contributed by atoms with Crippen LogP contribution in [0.15, 0.2) is 24.0 Å². The Morgan fingerprint density at radius 2 is 2.43 bits per heavy atom. The molecule has 0 fully saturated rings. The van der Waals surface area contributed by atoms with Gasteiger partial charge in [0, 0.05) is 23.9 Å². The summed E-state index contributed by atoms with van der Waals surface area (Å²) in [4.78, 5) is 23.1. The predicted octanol–water partition coefficient (Wildman–Crippen LogP) is 1.69. The molecule has 4 heteroatoms. The molecule has 1 aliphatic rings. The third-order valence-electron chi connectivity index (χ3n) is 2.16. The SMILES string of the molecule is CC[C@@H]1C=CN(C(=O)OC)C=C1C=O. The minimum Gasteiger partial charge on any atom is -0.452 e. The second-order valence-corrected chi connectivity index (χ2v) is 2.98. The first-order valence-electron chi connectivity index (χ1n) is 4.44. The van der Waals surface area contributed by atoms with E-state index in [9.17, 15) is 9.59 Å². The van der Waals surface area contributed by atoms with E-state index < -0.39 is 6.09 Å². The van der Waals surface area contributed by atoms with Crippen LogP contribution < -0.4 is 0 Å². The molecule has 1 amide bonds. The largest absolute Gasteiger partial charge is 0.452 e. The molecule has 0 unspecified atom stereocenters. The summed E-state index contributed by atoms with van der Waals surface area (Å²) in [6.45, 7) is 1.99. The molecule has 0 aromatic rings. The fraction of sp³-hybridized carbons (Fsp3) is 0.400. The fourth-order valence-corrected chi connectivity index (χ4v) is 1.32. The van der Waals surface area contributed by atoms with Crippen LogP contribution >= 0.6 is 0 Å². The highest BCUT2D eigenvalue weighted by molar-refractivity contribution is 5.78.